The van der Waals surface area contributed by atoms with Crippen LogP contribution in [0.5, 0.6) is 5.75 Å². The van der Waals surface area contributed by atoms with Crippen LogP contribution in [-0.2, 0) is 4.79 Å². The summed E-state index contributed by atoms with van der Waals surface area (Å²) < 4.78 is 5.59. The Bertz CT molecular complexity index is 1030. The van der Waals surface area contributed by atoms with Gasteiger partial charge in [0.15, 0.2) is 11.9 Å². The third-order valence-corrected chi connectivity index (χ3v) is 4.59. The quantitative estimate of drug-likeness (QED) is 0.602. The Labute approximate surface area is 177 Å². The fourth-order valence-electron chi connectivity index (χ4n) is 2.35. The number of ether oxygens (including phenoxy) is 1. The van der Waals surface area contributed by atoms with E-state index in [1.54, 1.807) is 49.4 Å². The van der Waals surface area contributed by atoms with Crippen molar-refractivity contribution in [2.24, 2.45) is 0 Å². The monoisotopic (exact) mass is 430 g/mol. The molecule has 1 atom stereocenters. The topological polar surface area (TPSA) is 93.2 Å². The maximum atomic E-state index is 12.5. The molecular formula is C20H16Cl2N4O3. The van der Waals surface area contributed by atoms with Gasteiger partial charge in [-0.2, -0.15) is 0 Å². The Hall–Kier alpha value is -3.16. The number of nitrogens with one attached hydrogen (secondary N) is 2. The molecule has 0 saturated carbocycles. The second-order valence-electron chi connectivity index (χ2n) is 5.93. The van der Waals surface area contributed by atoms with Gasteiger partial charge in [-0.25, -0.2) is 4.98 Å². The lowest BCUT2D eigenvalue weighted by molar-refractivity contribution is -0.122. The van der Waals surface area contributed by atoms with Crippen molar-refractivity contribution in [3.63, 3.8) is 0 Å². The van der Waals surface area contributed by atoms with Gasteiger partial charge < -0.3 is 15.4 Å². The van der Waals surface area contributed by atoms with Crippen LogP contribution in [0.2, 0.25) is 10.0 Å². The third kappa shape index (κ3) is 5.43. The predicted octanol–water partition coefficient (Wildman–Crippen LogP) is 4.44. The van der Waals surface area contributed by atoms with Crippen molar-refractivity contribution < 1.29 is 14.3 Å². The number of halogens is 2. The van der Waals surface area contributed by atoms with Gasteiger partial charge in [0.05, 0.1) is 11.2 Å². The Morgan fingerprint density at radius 1 is 1.07 bits per heavy atom. The lowest BCUT2D eigenvalue weighted by Gasteiger charge is -2.16. The second kappa shape index (κ2) is 9.36. The van der Waals surface area contributed by atoms with Crippen LogP contribution in [0.1, 0.15) is 17.3 Å². The minimum absolute atomic E-state index is 0.233. The normalized spacial score (nSPS) is 11.4. The first-order valence-electron chi connectivity index (χ1n) is 8.53. The molecule has 0 radical (unpaired) electrons. The van der Waals surface area contributed by atoms with E-state index in [1.807, 2.05) is 0 Å². The van der Waals surface area contributed by atoms with E-state index in [2.05, 4.69) is 20.6 Å². The molecule has 3 aromatic rings. The molecule has 0 unspecified atom stereocenters. The Morgan fingerprint density at radius 2 is 1.86 bits per heavy atom. The molecule has 29 heavy (non-hydrogen) atoms. The van der Waals surface area contributed by atoms with E-state index in [0.29, 0.717) is 27.8 Å². The molecule has 0 spiro atoms. The van der Waals surface area contributed by atoms with Gasteiger partial charge in [-0.1, -0.05) is 35.3 Å². The zero-order valence-corrected chi connectivity index (χ0v) is 16.7. The van der Waals surface area contributed by atoms with E-state index >= 15 is 0 Å². The van der Waals surface area contributed by atoms with Gasteiger partial charge in [0, 0.05) is 23.6 Å². The maximum Gasteiger partial charge on any atom is 0.265 e. The summed E-state index contributed by atoms with van der Waals surface area (Å²) in [5.41, 5.74) is 0.786. The molecule has 0 saturated heterocycles. The molecule has 2 N–H and O–H groups in total. The van der Waals surface area contributed by atoms with Crippen molar-refractivity contribution in [1.82, 2.24) is 9.97 Å². The van der Waals surface area contributed by atoms with E-state index in [-0.39, 0.29) is 10.9 Å². The van der Waals surface area contributed by atoms with Gasteiger partial charge in [-0.15, -0.1) is 0 Å². The fourth-order valence-corrected chi connectivity index (χ4v) is 2.69. The van der Waals surface area contributed by atoms with Crippen LogP contribution < -0.4 is 15.4 Å². The van der Waals surface area contributed by atoms with Gasteiger partial charge >= 0.3 is 0 Å². The van der Waals surface area contributed by atoms with Gasteiger partial charge in [0.1, 0.15) is 10.8 Å². The van der Waals surface area contributed by atoms with Crippen LogP contribution in [0, 0.1) is 0 Å². The fraction of sp³-hybridized carbons (Fsp3) is 0.100. The number of carbonyl (C=O) groups is 2. The van der Waals surface area contributed by atoms with Crippen molar-refractivity contribution in [2.75, 3.05) is 10.6 Å². The maximum absolute atomic E-state index is 12.5. The zero-order chi connectivity index (χ0) is 20.8. The van der Waals surface area contributed by atoms with Crippen molar-refractivity contribution in [2.45, 2.75) is 13.0 Å². The smallest absolute Gasteiger partial charge is 0.265 e. The van der Waals surface area contributed by atoms with Crippen LogP contribution in [0.15, 0.2) is 61.1 Å². The molecular weight excluding hydrogens is 415 g/mol. The van der Waals surface area contributed by atoms with Crippen LogP contribution in [0.25, 0.3) is 0 Å². The molecule has 0 bridgehead atoms. The third-order valence-electron chi connectivity index (χ3n) is 3.79. The highest BCUT2D eigenvalue weighted by Gasteiger charge is 2.18. The van der Waals surface area contributed by atoms with Crippen LogP contribution in [-0.4, -0.2) is 27.9 Å². The van der Waals surface area contributed by atoms with E-state index < -0.39 is 12.0 Å². The summed E-state index contributed by atoms with van der Waals surface area (Å²) in [6.07, 6.45) is 3.57. The number of rotatable bonds is 6. The molecule has 0 aliphatic heterocycles. The van der Waals surface area contributed by atoms with Crippen LogP contribution in [0.3, 0.4) is 0 Å². The standard InChI is InChI=1S/C20H16Cl2N4O3/c1-12(29-16-7-3-6-15(21)18(16)22)19(27)25-14-5-2-4-13(10-14)20(28)26-17-11-23-8-9-24-17/h2-12H,1H3,(H,25,27)(H,24,26,28)/t12-/m1/s1. The van der Waals surface area contributed by atoms with Crippen LogP contribution in [0.4, 0.5) is 11.5 Å². The molecule has 2 amide bonds. The van der Waals surface area contributed by atoms with Crippen LogP contribution >= 0.6 is 23.2 Å². The minimum Gasteiger partial charge on any atom is -0.479 e. The highest BCUT2D eigenvalue weighted by Crippen LogP contribution is 2.32. The second-order valence-corrected chi connectivity index (χ2v) is 6.71. The summed E-state index contributed by atoms with van der Waals surface area (Å²) in [4.78, 5) is 32.7. The van der Waals surface area contributed by atoms with Gasteiger partial charge in [-0.3, -0.25) is 14.6 Å². The van der Waals surface area contributed by atoms with Gasteiger partial charge in [0.2, 0.25) is 0 Å². The summed E-state index contributed by atoms with van der Waals surface area (Å²) in [7, 11) is 0. The molecule has 1 heterocycles. The highest BCUT2D eigenvalue weighted by molar-refractivity contribution is 6.42. The average molecular weight is 431 g/mol. The summed E-state index contributed by atoms with van der Waals surface area (Å²) in [5.74, 6) is -0.157. The average Bonchev–Trinajstić information content (AvgIpc) is 2.72. The molecule has 0 aliphatic carbocycles. The Kier molecular flexibility index (Phi) is 6.64. The van der Waals surface area contributed by atoms with Crippen molar-refractivity contribution in [1.29, 1.82) is 0 Å². The van der Waals surface area contributed by atoms with E-state index in [1.165, 1.54) is 18.6 Å². The molecule has 2 aromatic carbocycles. The molecule has 0 aliphatic rings. The highest BCUT2D eigenvalue weighted by atomic mass is 35.5. The lowest BCUT2D eigenvalue weighted by Crippen LogP contribution is -2.30. The van der Waals surface area contributed by atoms with Gasteiger partial charge in [-0.05, 0) is 37.3 Å². The SMILES string of the molecule is C[C@@H](Oc1cccc(Cl)c1Cl)C(=O)Nc1cccc(C(=O)Nc2cnccn2)c1. The number of anilines is 2. The minimum atomic E-state index is -0.844. The number of hydrogen-bond donors (Lipinski definition) is 2. The molecule has 1 aromatic heterocycles. The van der Waals surface area contributed by atoms with E-state index in [9.17, 15) is 9.59 Å². The van der Waals surface area contributed by atoms with E-state index in [4.69, 9.17) is 27.9 Å². The summed E-state index contributed by atoms with van der Waals surface area (Å²) >= 11 is 12.0. The van der Waals surface area contributed by atoms with E-state index in [0.717, 1.165) is 0 Å². The molecule has 7 nitrogen and oxygen atoms in total. The number of amides is 2. The first-order valence-corrected chi connectivity index (χ1v) is 9.28. The number of carbonyl (C=O) groups excluding carboxylic acids is 2. The molecule has 3 rings (SSSR count). The first kappa shape index (κ1) is 20.6. The van der Waals surface area contributed by atoms with Crippen molar-refractivity contribution in [3.8, 4) is 5.75 Å². The van der Waals surface area contributed by atoms with Crippen molar-refractivity contribution in [3.05, 3.63) is 76.7 Å². The number of aromatic nitrogens is 2. The summed E-state index contributed by atoms with van der Waals surface area (Å²) in [6, 6.07) is 11.4. The summed E-state index contributed by atoms with van der Waals surface area (Å²) in [5, 5.41) is 5.90. The van der Waals surface area contributed by atoms with Crippen molar-refractivity contribution >= 4 is 46.5 Å². The Morgan fingerprint density at radius 3 is 2.62 bits per heavy atom. The number of nitrogens with zero attached hydrogens (tertiary/aromatic N) is 2. The number of hydrogen-bond acceptors (Lipinski definition) is 5. The lowest BCUT2D eigenvalue weighted by atomic mass is 10.2. The largest absolute Gasteiger partial charge is 0.479 e. The van der Waals surface area contributed by atoms with Gasteiger partial charge in [0.25, 0.3) is 11.8 Å². The summed E-state index contributed by atoms with van der Waals surface area (Å²) in [6.45, 7) is 1.58. The molecule has 0 fully saturated rings. The first-order chi connectivity index (χ1) is 13.9. The molecule has 148 valence electrons. The predicted molar refractivity (Wildman–Crippen MR) is 112 cm³/mol. The zero-order valence-electron chi connectivity index (χ0n) is 15.2. The number of benzene rings is 2. The Balaban J connectivity index is 1.65. The molecule has 9 heteroatoms.